The van der Waals surface area contributed by atoms with Crippen molar-refractivity contribution in [1.29, 1.82) is 0 Å². The lowest BCUT2D eigenvalue weighted by Gasteiger charge is -2.03. The van der Waals surface area contributed by atoms with Gasteiger partial charge >= 0.3 is 0 Å². The van der Waals surface area contributed by atoms with Crippen molar-refractivity contribution in [1.82, 2.24) is 0 Å². The molecule has 1 rings (SSSR count). The molecule has 0 unspecified atom stereocenters. The molecule has 0 aromatic carbocycles. The minimum absolute atomic E-state index is 0.460. The Morgan fingerprint density at radius 3 is 2.60 bits per heavy atom. The third kappa shape index (κ3) is 1.55. The van der Waals surface area contributed by atoms with Crippen LogP contribution in [0.15, 0.2) is 17.3 Å². The van der Waals surface area contributed by atoms with E-state index < -0.39 is 0 Å². The van der Waals surface area contributed by atoms with Crippen molar-refractivity contribution in [3.63, 3.8) is 0 Å². The quantitative estimate of drug-likeness (QED) is 0.423. The smallest absolute Gasteiger partial charge is 0.211 e. The van der Waals surface area contributed by atoms with Gasteiger partial charge in [0.25, 0.3) is 0 Å². The summed E-state index contributed by atoms with van der Waals surface area (Å²) in [5.74, 6) is 0.460. The second kappa shape index (κ2) is 3.33. The largest absolute Gasteiger partial charge is 0.240 e. The van der Waals surface area contributed by atoms with E-state index in [4.69, 9.17) is 0 Å². The van der Waals surface area contributed by atoms with Crippen molar-refractivity contribution >= 4 is 6.08 Å². The number of nitrogens with zero attached hydrogens (tertiary/aromatic N) is 1. The van der Waals surface area contributed by atoms with Crippen LogP contribution in [-0.2, 0) is 4.79 Å². The molecule has 0 aromatic rings. The van der Waals surface area contributed by atoms with Gasteiger partial charge in [-0.05, 0) is 12.8 Å². The van der Waals surface area contributed by atoms with Crippen LogP contribution in [0.5, 0.6) is 0 Å². The lowest BCUT2D eigenvalue weighted by atomic mass is 10.1. The Kier molecular flexibility index (Phi) is 2.41. The van der Waals surface area contributed by atoms with E-state index in [1.54, 1.807) is 0 Å². The highest BCUT2D eigenvalue weighted by Gasteiger charge is 2.17. The van der Waals surface area contributed by atoms with Gasteiger partial charge in [0.2, 0.25) is 6.08 Å². The highest BCUT2D eigenvalue weighted by atomic mass is 16.1. The summed E-state index contributed by atoms with van der Waals surface area (Å²) < 4.78 is 0. The molecule has 1 fully saturated rings. The molecule has 0 atom stereocenters. The molecule has 0 saturated heterocycles. The Morgan fingerprint density at radius 1 is 1.50 bits per heavy atom. The van der Waals surface area contributed by atoms with Crippen molar-refractivity contribution in [2.24, 2.45) is 10.9 Å². The summed E-state index contributed by atoms with van der Waals surface area (Å²) in [6.45, 7) is 3.70. The minimum atomic E-state index is 0.460. The van der Waals surface area contributed by atoms with Crippen LogP contribution in [0, 0.1) is 5.92 Å². The van der Waals surface area contributed by atoms with Gasteiger partial charge < -0.3 is 0 Å². The monoisotopic (exact) mass is 137 g/mol. The zero-order chi connectivity index (χ0) is 7.40. The topological polar surface area (TPSA) is 29.4 Å². The Labute approximate surface area is 60.7 Å². The second-order valence-corrected chi connectivity index (χ2v) is 2.68. The molecular weight excluding hydrogens is 126 g/mol. The first-order valence-corrected chi connectivity index (χ1v) is 3.61. The molecule has 10 heavy (non-hydrogen) atoms. The number of carbonyl (C=O) groups excluding carboxylic acids is 1. The summed E-state index contributed by atoms with van der Waals surface area (Å²) in [5.41, 5.74) is 0.715. The van der Waals surface area contributed by atoms with Crippen LogP contribution in [0.2, 0.25) is 0 Å². The van der Waals surface area contributed by atoms with E-state index in [0.29, 0.717) is 11.6 Å². The van der Waals surface area contributed by atoms with Gasteiger partial charge in [0.15, 0.2) is 0 Å². The molecule has 1 aliphatic carbocycles. The maximum atomic E-state index is 9.82. The Bertz CT molecular complexity index is 174. The van der Waals surface area contributed by atoms with E-state index in [9.17, 15) is 4.79 Å². The molecule has 0 spiro atoms. The molecule has 0 bridgehead atoms. The highest BCUT2D eigenvalue weighted by Crippen LogP contribution is 2.30. The second-order valence-electron chi connectivity index (χ2n) is 2.68. The number of hydrogen-bond acceptors (Lipinski definition) is 2. The molecule has 2 nitrogen and oxygen atoms in total. The first-order chi connectivity index (χ1) is 4.84. The normalized spacial score (nSPS) is 18.4. The number of rotatable bonds is 2. The fourth-order valence-electron chi connectivity index (χ4n) is 1.41. The Balaban J connectivity index is 2.47. The number of isocyanates is 1. The van der Waals surface area contributed by atoms with Gasteiger partial charge in [-0.15, -0.1) is 0 Å². The van der Waals surface area contributed by atoms with Crippen molar-refractivity contribution in [3.8, 4) is 0 Å². The maximum Gasteiger partial charge on any atom is 0.240 e. The molecule has 1 aliphatic rings. The summed E-state index contributed by atoms with van der Waals surface area (Å²) in [6.07, 6.45) is 6.30. The molecular formula is C8H11NO. The van der Waals surface area contributed by atoms with E-state index in [-0.39, 0.29) is 0 Å². The molecule has 1 saturated carbocycles. The summed E-state index contributed by atoms with van der Waals surface area (Å²) >= 11 is 0. The average molecular weight is 137 g/mol. The van der Waals surface area contributed by atoms with Crippen LogP contribution in [0.4, 0.5) is 0 Å². The van der Waals surface area contributed by atoms with Crippen molar-refractivity contribution < 1.29 is 4.79 Å². The van der Waals surface area contributed by atoms with Gasteiger partial charge in [-0.2, -0.15) is 4.99 Å². The predicted octanol–water partition coefficient (Wildman–Crippen LogP) is 2.03. The number of allylic oxidation sites excluding steroid dienone is 1. The zero-order valence-corrected chi connectivity index (χ0v) is 5.97. The van der Waals surface area contributed by atoms with Crippen LogP contribution in [-0.4, -0.2) is 6.08 Å². The van der Waals surface area contributed by atoms with Crippen molar-refractivity contribution in [2.75, 3.05) is 0 Å². The molecule has 0 N–H and O–H groups in total. The molecule has 0 radical (unpaired) electrons. The first-order valence-electron chi connectivity index (χ1n) is 3.61. The van der Waals surface area contributed by atoms with Crippen LogP contribution in [0.1, 0.15) is 25.7 Å². The Hall–Kier alpha value is -0.880. The van der Waals surface area contributed by atoms with E-state index in [0.717, 1.165) is 12.8 Å². The minimum Gasteiger partial charge on any atom is -0.211 e. The van der Waals surface area contributed by atoms with Gasteiger partial charge in [-0.1, -0.05) is 19.4 Å². The van der Waals surface area contributed by atoms with Gasteiger partial charge in [-0.3, -0.25) is 0 Å². The number of hydrogen-bond donors (Lipinski definition) is 0. The molecule has 0 heterocycles. The van der Waals surface area contributed by atoms with Gasteiger partial charge in [0.1, 0.15) is 0 Å². The third-order valence-corrected chi connectivity index (χ3v) is 2.02. The van der Waals surface area contributed by atoms with Gasteiger partial charge in [0.05, 0.1) is 0 Å². The van der Waals surface area contributed by atoms with Crippen LogP contribution >= 0.6 is 0 Å². The standard InChI is InChI=1S/C8H11NO/c1-7(9-6-10)8-4-2-3-5-8/h8H,1-5H2. The zero-order valence-electron chi connectivity index (χ0n) is 5.97. The maximum absolute atomic E-state index is 9.82. The summed E-state index contributed by atoms with van der Waals surface area (Å²) in [5, 5.41) is 0. The van der Waals surface area contributed by atoms with Crippen LogP contribution in [0.3, 0.4) is 0 Å². The average Bonchev–Trinajstić information content (AvgIpc) is 2.38. The summed E-state index contributed by atoms with van der Waals surface area (Å²) in [7, 11) is 0. The molecule has 54 valence electrons. The Morgan fingerprint density at radius 2 is 2.10 bits per heavy atom. The van der Waals surface area contributed by atoms with E-state index in [1.807, 2.05) is 0 Å². The van der Waals surface area contributed by atoms with E-state index >= 15 is 0 Å². The lowest BCUT2D eigenvalue weighted by molar-refractivity contribution is 0.560. The first kappa shape index (κ1) is 7.23. The number of aliphatic imine (C=N–C) groups is 1. The fourth-order valence-corrected chi connectivity index (χ4v) is 1.41. The highest BCUT2D eigenvalue weighted by molar-refractivity contribution is 5.36. The third-order valence-electron chi connectivity index (χ3n) is 2.02. The molecule has 2 heteroatoms. The molecule has 0 aromatic heterocycles. The fraction of sp³-hybridized carbons (Fsp3) is 0.625. The summed E-state index contributed by atoms with van der Waals surface area (Å²) in [6, 6.07) is 0. The van der Waals surface area contributed by atoms with Crippen LogP contribution in [0.25, 0.3) is 0 Å². The molecule has 0 amide bonds. The van der Waals surface area contributed by atoms with E-state index in [2.05, 4.69) is 11.6 Å². The predicted molar refractivity (Wildman–Crippen MR) is 39.2 cm³/mol. The van der Waals surface area contributed by atoms with Crippen molar-refractivity contribution in [2.45, 2.75) is 25.7 Å². The van der Waals surface area contributed by atoms with Crippen molar-refractivity contribution in [3.05, 3.63) is 12.3 Å². The van der Waals surface area contributed by atoms with Crippen LogP contribution < -0.4 is 0 Å². The van der Waals surface area contributed by atoms with Gasteiger partial charge in [-0.25, -0.2) is 4.79 Å². The van der Waals surface area contributed by atoms with E-state index in [1.165, 1.54) is 18.9 Å². The van der Waals surface area contributed by atoms with Gasteiger partial charge in [0, 0.05) is 11.6 Å². The molecule has 0 aliphatic heterocycles. The SMILES string of the molecule is C=C(N=C=O)C1CCCC1. The summed E-state index contributed by atoms with van der Waals surface area (Å²) in [4.78, 5) is 13.3. The lowest BCUT2D eigenvalue weighted by Crippen LogP contribution is -1.93.